The molecule has 0 aliphatic rings. The lowest BCUT2D eigenvalue weighted by molar-refractivity contribution is -0.118. The van der Waals surface area contributed by atoms with E-state index in [1.807, 2.05) is 48.7 Å². The van der Waals surface area contributed by atoms with E-state index in [1.165, 1.54) is 16.2 Å². The first-order valence-corrected chi connectivity index (χ1v) is 9.66. The Labute approximate surface area is 162 Å². The second-order valence-electron chi connectivity index (χ2n) is 6.37. The van der Waals surface area contributed by atoms with Gasteiger partial charge in [-0.05, 0) is 17.2 Å². The van der Waals surface area contributed by atoms with Gasteiger partial charge in [0.1, 0.15) is 5.82 Å². The molecule has 3 aromatic rings. The Hall–Kier alpha value is -2.57. The lowest BCUT2D eigenvalue weighted by Crippen LogP contribution is -2.28. The van der Waals surface area contributed by atoms with Gasteiger partial charge in [0.05, 0.1) is 5.69 Å². The van der Waals surface area contributed by atoms with Crippen LogP contribution >= 0.6 is 11.3 Å². The van der Waals surface area contributed by atoms with Crippen LogP contribution in [0.2, 0.25) is 0 Å². The van der Waals surface area contributed by atoms with Crippen LogP contribution in [0.1, 0.15) is 30.5 Å². The minimum atomic E-state index is -0.253. The van der Waals surface area contributed by atoms with E-state index in [-0.39, 0.29) is 24.1 Å². The third-order valence-electron chi connectivity index (χ3n) is 4.55. The van der Waals surface area contributed by atoms with E-state index in [0.29, 0.717) is 17.2 Å². The fourth-order valence-corrected chi connectivity index (χ4v) is 3.75. The van der Waals surface area contributed by atoms with E-state index in [9.17, 15) is 9.18 Å². The molecule has 6 heteroatoms. The Balaban J connectivity index is 1.81. The second-order valence-corrected chi connectivity index (χ2v) is 7.21. The predicted molar refractivity (Wildman–Crippen MR) is 109 cm³/mol. The topological polar surface area (TPSA) is 59.2 Å². The van der Waals surface area contributed by atoms with Crippen molar-refractivity contribution in [3.05, 3.63) is 71.0 Å². The number of anilines is 1. The molecule has 1 unspecified atom stereocenters. The van der Waals surface area contributed by atoms with Gasteiger partial charge in [0.25, 0.3) is 0 Å². The highest BCUT2D eigenvalue weighted by atomic mass is 32.1. The SMILES string of the molecule is CC(c1ccc(-c2ccccc2)c(F)c1)c1csc(N(C)C(=O)CCN)n1. The first-order valence-electron chi connectivity index (χ1n) is 8.78. The van der Waals surface area contributed by atoms with E-state index in [4.69, 9.17) is 5.73 Å². The van der Waals surface area contributed by atoms with Gasteiger partial charge in [-0.3, -0.25) is 9.69 Å². The lowest BCUT2D eigenvalue weighted by Gasteiger charge is -2.14. The molecule has 3 rings (SSSR count). The number of nitrogens with two attached hydrogens (primary N) is 1. The molecule has 27 heavy (non-hydrogen) atoms. The number of carbonyl (C=O) groups is 1. The Morgan fingerprint density at radius 3 is 2.67 bits per heavy atom. The molecule has 0 bridgehead atoms. The molecule has 1 amide bonds. The van der Waals surface area contributed by atoms with Crippen molar-refractivity contribution < 1.29 is 9.18 Å². The van der Waals surface area contributed by atoms with Crippen LogP contribution in [0.25, 0.3) is 11.1 Å². The number of halogens is 1. The first-order chi connectivity index (χ1) is 13.0. The maximum atomic E-state index is 14.7. The van der Waals surface area contributed by atoms with Crippen molar-refractivity contribution in [2.75, 3.05) is 18.5 Å². The highest BCUT2D eigenvalue weighted by molar-refractivity contribution is 7.14. The number of hydrogen-bond acceptors (Lipinski definition) is 4. The summed E-state index contributed by atoms with van der Waals surface area (Å²) in [5.74, 6) is -0.395. The van der Waals surface area contributed by atoms with E-state index in [2.05, 4.69) is 4.98 Å². The van der Waals surface area contributed by atoms with Crippen LogP contribution in [0.3, 0.4) is 0 Å². The zero-order valence-corrected chi connectivity index (χ0v) is 16.2. The summed E-state index contributed by atoms with van der Waals surface area (Å²) in [5, 5.41) is 2.53. The van der Waals surface area contributed by atoms with Crippen LogP contribution in [0.4, 0.5) is 9.52 Å². The monoisotopic (exact) mass is 383 g/mol. The number of nitrogens with zero attached hydrogens (tertiary/aromatic N) is 2. The summed E-state index contributed by atoms with van der Waals surface area (Å²) >= 11 is 1.40. The van der Waals surface area contributed by atoms with Crippen molar-refractivity contribution in [1.29, 1.82) is 0 Å². The molecule has 0 aliphatic carbocycles. The Morgan fingerprint density at radius 1 is 1.26 bits per heavy atom. The summed E-state index contributed by atoms with van der Waals surface area (Å²) in [7, 11) is 1.69. The molecular formula is C21H22FN3OS. The predicted octanol–water partition coefficient (Wildman–Crippen LogP) is 4.41. The zero-order valence-electron chi connectivity index (χ0n) is 15.4. The van der Waals surface area contributed by atoms with Gasteiger partial charge in [0, 0.05) is 36.9 Å². The average molecular weight is 383 g/mol. The van der Waals surface area contributed by atoms with Crippen molar-refractivity contribution in [3.8, 4) is 11.1 Å². The maximum absolute atomic E-state index is 14.7. The molecule has 140 valence electrons. The summed E-state index contributed by atoms with van der Waals surface area (Å²) in [4.78, 5) is 18.1. The number of carbonyl (C=O) groups excluding carboxylic acids is 1. The van der Waals surface area contributed by atoms with Gasteiger partial charge in [-0.15, -0.1) is 11.3 Å². The van der Waals surface area contributed by atoms with Gasteiger partial charge in [-0.25, -0.2) is 9.37 Å². The largest absolute Gasteiger partial charge is 0.330 e. The average Bonchev–Trinajstić information content (AvgIpc) is 3.17. The number of benzene rings is 2. The smallest absolute Gasteiger partial charge is 0.229 e. The summed E-state index contributed by atoms with van der Waals surface area (Å²) < 4.78 is 14.7. The van der Waals surface area contributed by atoms with Crippen molar-refractivity contribution in [3.63, 3.8) is 0 Å². The Kier molecular flexibility index (Phi) is 5.98. The molecule has 1 heterocycles. The molecule has 0 fully saturated rings. The van der Waals surface area contributed by atoms with Crippen LogP contribution in [0, 0.1) is 5.82 Å². The molecule has 2 N–H and O–H groups in total. The van der Waals surface area contributed by atoms with Gasteiger partial charge in [0.15, 0.2) is 5.13 Å². The normalized spacial score (nSPS) is 12.0. The van der Waals surface area contributed by atoms with Crippen molar-refractivity contribution in [2.24, 2.45) is 5.73 Å². The van der Waals surface area contributed by atoms with Gasteiger partial charge >= 0.3 is 0 Å². The van der Waals surface area contributed by atoms with E-state index in [0.717, 1.165) is 16.8 Å². The Morgan fingerprint density at radius 2 is 2.00 bits per heavy atom. The molecule has 2 aromatic carbocycles. The van der Waals surface area contributed by atoms with Gasteiger partial charge in [-0.2, -0.15) is 0 Å². The van der Waals surface area contributed by atoms with E-state index < -0.39 is 0 Å². The molecule has 0 radical (unpaired) electrons. The summed E-state index contributed by atoms with van der Waals surface area (Å²) in [6.07, 6.45) is 0.285. The van der Waals surface area contributed by atoms with Crippen LogP contribution in [0.15, 0.2) is 53.9 Å². The number of rotatable bonds is 6. The standard InChI is InChI=1S/C21H22FN3OS/c1-14(19-13-27-21(24-19)25(2)20(26)10-11-23)16-8-9-17(18(22)12-16)15-6-4-3-5-7-15/h3-9,12-14H,10-11,23H2,1-2H3. The number of amides is 1. The zero-order chi connectivity index (χ0) is 19.4. The van der Waals surface area contributed by atoms with Crippen LogP contribution in [0.5, 0.6) is 0 Å². The first kappa shape index (κ1) is 19.2. The van der Waals surface area contributed by atoms with Crippen molar-refractivity contribution >= 4 is 22.4 Å². The highest BCUT2D eigenvalue weighted by Gasteiger charge is 2.18. The highest BCUT2D eigenvalue weighted by Crippen LogP contribution is 2.31. The molecule has 0 aliphatic heterocycles. The molecular weight excluding hydrogens is 361 g/mol. The molecule has 1 aromatic heterocycles. The second kappa shape index (κ2) is 8.41. The fraction of sp³-hybridized carbons (Fsp3) is 0.238. The summed E-state index contributed by atoms with van der Waals surface area (Å²) in [6, 6.07) is 14.8. The summed E-state index contributed by atoms with van der Waals surface area (Å²) in [5.41, 5.74) is 8.54. The van der Waals surface area contributed by atoms with Crippen molar-refractivity contribution in [2.45, 2.75) is 19.3 Å². The molecule has 1 atom stereocenters. The van der Waals surface area contributed by atoms with Crippen LogP contribution in [-0.4, -0.2) is 24.5 Å². The van der Waals surface area contributed by atoms with Crippen LogP contribution in [-0.2, 0) is 4.79 Å². The lowest BCUT2D eigenvalue weighted by atomic mass is 9.95. The quantitative estimate of drug-likeness (QED) is 0.686. The van der Waals surface area contributed by atoms with Crippen LogP contribution < -0.4 is 10.6 Å². The van der Waals surface area contributed by atoms with E-state index in [1.54, 1.807) is 19.2 Å². The van der Waals surface area contributed by atoms with E-state index >= 15 is 0 Å². The van der Waals surface area contributed by atoms with Crippen molar-refractivity contribution in [1.82, 2.24) is 4.98 Å². The summed E-state index contributed by atoms with van der Waals surface area (Å²) in [6.45, 7) is 2.29. The van der Waals surface area contributed by atoms with Gasteiger partial charge in [0.2, 0.25) is 5.91 Å². The molecule has 0 spiro atoms. The maximum Gasteiger partial charge on any atom is 0.229 e. The molecule has 0 saturated carbocycles. The number of aromatic nitrogens is 1. The third-order valence-corrected chi connectivity index (χ3v) is 5.49. The Bertz CT molecular complexity index is 926. The number of thiazole rings is 1. The van der Waals surface area contributed by atoms with Gasteiger partial charge < -0.3 is 5.73 Å². The molecule has 0 saturated heterocycles. The minimum Gasteiger partial charge on any atom is -0.330 e. The van der Waals surface area contributed by atoms with Gasteiger partial charge in [-0.1, -0.05) is 49.4 Å². The molecule has 4 nitrogen and oxygen atoms in total. The fourth-order valence-electron chi connectivity index (χ4n) is 2.85. The minimum absolute atomic E-state index is 0.0655. The third kappa shape index (κ3) is 4.23. The number of hydrogen-bond donors (Lipinski definition) is 1.